The summed E-state index contributed by atoms with van der Waals surface area (Å²) in [5, 5.41) is 10.5. The van der Waals surface area contributed by atoms with Crippen molar-refractivity contribution in [3.8, 4) is 0 Å². The van der Waals surface area contributed by atoms with Gasteiger partial charge in [0.15, 0.2) is 9.84 Å². The van der Waals surface area contributed by atoms with Crippen molar-refractivity contribution in [1.29, 1.82) is 0 Å². The summed E-state index contributed by atoms with van der Waals surface area (Å²) < 4.78 is 25.4. The maximum atomic E-state index is 13.0. The standard InChI is InChI=1S/C15H21N3O2S/c19-21(20)9-14(2-4-16-8-14)15(21,13-1-3-17-18-13)12-6-10-5-11(10)7-12/h1,3,10-12,16H,2,4-9H2,(H,17,18). The zero-order chi connectivity index (χ0) is 14.3. The molecule has 0 bridgehead atoms. The van der Waals surface area contributed by atoms with Crippen molar-refractivity contribution in [2.24, 2.45) is 23.2 Å². The van der Waals surface area contributed by atoms with Gasteiger partial charge >= 0.3 is 0 Å². The van der Waals surface area contributed by atoms with Crippen LogP contribution in [-0.4, -0.2) is 37.5 Å². The lowest BCUT2D eigenvalue weighted by Crippen LogP contribution is -2.69. The number of nitrogens with one attached hydrogen (secondary N) is 2. The Labute approximate surface area is 124 Å². The molecule has 6 heteroatoms. The van der Waals surface area contributed by atoms with Crippen LogP contribution in [0.2, 0.25) is 0 Å². The fraction of sp³-hybridized carbons (Fsp3) is 0.800. The average Bonchev–Trinajstić information content (AvgIpc) is 2.92. The van der Waals surface area contributed by atoms with Crippen LogP contribution in [0, 0.1) is 23.2 Å². The third-order valence-electron chi connectivity index (χ3n) is 6.71. The van der Waals surface area contributed by atoms with E-state index in [1.54, 1.807) is 6.20 Å². The number of fused-ring (bicyclic) bond motifs is 1. The second-order valence-corrected chi connectivity index (χ2v) is 9.76. The molecule has 2 saturated heterocycles. The molecule has 1 spiro atoms. The fourth-order valence-electron chi connectivity index (χ4n) is 5.89. The largest absolute Gasteiger partial charge is 0.316 e. The van der Waals surface area contributed by atoms with E-state index in [0.29, 0.717) is 5.75 Å². The van der Waals surface area contributed by atoms with Gasteiger partial charge in [-0.1, -0.05) is 0 Å². The number of sulfone groups is 1. The Hall–Kier alpha value is -0.880. The van der Waals surface area contributed by atoms with Crippen LogP contribution >= 0.6 is 0 Å². The summed E-state index contributed by atoms with van der Waals surface area (Å²) in [5.41, 5.74) is 0.739. The van der Waals surface area contributed by atoms with E-state index in [1.807, 2.05) is 6.07 Å². The van der Waals surface area contributed by atoms with Gasteiger partial charge in [-0.2, -0.15) is 5.10 Å². The molecule has 114 valence electrons. The van der Waals surface area contributed by atoms with Crippen LogP contribution < -0.4 is 5.32 Å². The number of aromatic nitrogens is 2. The molecule has 4 fully saturated rings. The van der Waals surface area contributed by atoms with Gasteiger partial charge in [0.25, 0.3) is 0 Å². The van der Waals surface area contributed by atoms with E-state index < -0.39 is 14.6 Å². The van der Waals surface area contributed by atoms with Crippen molar-refractivity contribution in [1.82, 2.24) is 15.5 Å². The van der Waals surface area contributed by atoms with E-state index in [2.05, 4.69) is 15.5 Å². The zero-order valence-electron chi connectivity index (χ0n) is 12.0. The Morgan fingerprint density at radius 2 is 2.05 bits per heavy atom. The second kappa shape index (κ2) is 3.71. The number of H-pyrrole nitrogens is 1. The number of aromatic amines is 1. The minimum absolute atomic E-state index is 0.111. The number of nitrogens with zero attached hydrogens (tertiary/aromatic N) is 1. The monoisotopic (exact) mass is 307 g/mol. The maximum absolute atomic E-state index is 13.0. The first-order valence-corrected chi connectivity index (χ1v) is 9.67. The minimum Gasteiger partial charge on any atom is -0.316 e. The van der Waals surface area contributed by atoms with Crippen LogP contribution in [0.4, 0.5) is 0 Å². The fourth-order valence-corrected chi connectivity index (χ4v) is 9.13. The highest BCUT2D eigenvalue weighted by molar-refractivity contribution is 7.94. The molecule has 1 aromatic rings. The molecule has 4 unspecified atom stereocenters. The summed E-state index contributed by atoms with van der Waals surface area (Å²) in [7, 11) is -3.10. The summed E-state index contributed by atoms with van der Waals surface area (Å²) >= 11 is 0. The molecule has 5 nitrogen and oxygen atoms in total. The van der Waals surface area contributed by atoms with E-state index in [1.165, 1.54) is 6.42 Å². The van der Waals surface area contributed by atoms with Crippen LogP contribution in [-0.2, 0) is 14.6 Å². The molecule has 0 radical (unpaired) electrons. The normalized spacial score (nSPS) is 50.0. The van der Waals surface area contributed by atoms with Gasteiger partial charge in [0, 0.05) is 18.2 Å². The Kier molecular flexibility index (Phi) is 2.24. The summed E-state index contributed by atoms with van der Waals surface area (Å²) in [4.78, 5) is 0. The van der Waals surface area contributed by atoms with Gasteiger partial charge in [0.05, 0.1) is 11.4 Å². The van der Waals surface area contributed by atoms with E-state index in [4.69, 9.17) is 0 Å². The smallest absolute Gasteiger partial charge is 0.163 e. The Morgan fingerprint density at radius 1 is 1.24 bits per heavy atom. The van der Waals surface area contributed by atoms with E-state index >= 15 is 0 Å². The quantitative estimate of drug-likeness (QED) is 0.857. The van der Waals surface area contributed by atoms with Crippen molar-refractivity contribution in [3.05, 3.63) is 18.0 Å². The Bertz CT molecular complexity index is 668. The molecule has 2 aliphatic carbocycles. The maximum Gasteiger partial charge on any atom is 0.163 e. The van der Waals surface area contributed by atoms with Gasteiger partial charge < -0.3 is 5.32 Å². The molecular weight excluding hydrogens is 286 g/mol. The van der Waals surface area contributed by atoms with Gasteiger partial charge in [-0.05, 0) is 56.0 Å². The Balaban J connectivity index is 1.70. The van der Waals surface area contributed by atoms with Crippen molar-refractivity contribution < 1.29 is 8.42 Å². The first kappa shape index (κ1) is 12.6. The van der Waals surface area contributed by atoms with Gasteiger partial charge in [-0.25, -0.2) is 8.42 Å². The summed E-state index contributed by atoms with van der Waals surface area (Å²) in [5.74, 6) is 2.20. The molecule has 2 N–H and O–H groups in total. The number of hydrogen-bond donors (Lipinski definition) is 2. The van der Waals surface area contributed by atoms with Gasteiger partial charge in [0.2, 0.25) is 0 Å². The van der Waals surface area contributed by atoms with Crippen molar-refractivity contribution in [3.63, 3.8) is 0 Å². The lowest BCUT2D eigenvalue weighted by atomic mass is 9.65. The predicted octanol–water partition coefficient (Wildman–Crippen LogP) is 1.06. The number of hydrogen-bond acceptors (Lipinski definition) is 4. The first-order valence-electron chi connectivity index (χ1n) is 8.02. The van der Waals surface area contributed by atoms with Crippen molar-refractivity contribution in [2.75, 3.05) is 18.8 Å². The van der Waals surface area contributed by atoms with Crippen molar-refractivity contribution >= 4 is 9.84 Å². The molecule has 0 aromatic carbocycles. The van der Waals surface area contributed by atoms with Crippen molar-refractivity contribution in [2.45, 2.75) is 30.4 Å². The van der Waals surface area contributed by atoms with Crippen LogP contribution in [0.3, 0.4) is 0 Å². The highest BCUT2D eigenvalue weighted by Gasteiger charge is 2.76. The van der Waals surface area contributed by atoms with Crippen LogP contribution in [0.15, 0.2) is 12.3 Å². The van der Waals surface area contributed by atoms with Crippen LogP contribution in [0.1, 0.15) is 31.4 Å². The van der Waals surface area contributed by atoms with Gasteiger partial charge in [-0.3, -0.25) is 5.10 Å². The molecule has 4 aliphatic rings. The summed E-state index contributed by atoms with van der Waals surface area (Å²) in [6.45, 7) is 1.77. The Morgan fingerprint density at radius 3 is 2.62 bits per heavy atom. The van der Waals surface area contributed by atoms with E-state index in [9.17, 15) is 8.42 Å². The highest BCUT2D eigenvalue weighted by atomic mass is 32.2. The molecule has 21 heavy (non-hydrogen) atoms. The van der Waals surface area contributed by atoms with Crippen LogP contribution in [0.5, 0.6) is 0 Å². The molecule has 2 saturated carbocycles. The molecule has 4 atom stereocenters. The average molecular weight is 307 g/mol. The lowest BCUT2D eigenvalue weighted by Gasteiger charge is -2.59. The lowest BCUT2D eigenvalue weighted by molar-refractivity contribution is 0.120. The second-order valence-electron chi connectivity index (χ2n) is 7.60. The molecular formula is C15H21N3O2S. The highest BCUT2D eigenvalue weighted by Crippen LogP contribution is 2.69. The predicted molar refractivity (Wildman–Crippen MR) is 78.3 cm³/mol. The SMILES string of the molecule is O=S1(=O)CC2(CCNC2)C1(c1ccn[nH]1)C1CC2CC2C1. The molecule has 3 heterocycles. The van der Waals surface area contributed by atoms with E-state index in [0.717, 1.165) is 49.9 Å². The molecule has 2 aliphatic heterocycles. The van der Waals surface area contributed by atoms with Gasteiger partial charge in [-0.15, -0.1) is 0 Å². The van der Waals surface area contributed by atoms with Crippen LogP contribution in [0.25, 0.3) is 0 Å². The number of rotatable bonds is 2. The molecule has 0 amide bonds. The molecule has 5 rings (SSSR count). The topological polar surface area (TPSA) is 74.8 Å². The molecule has 1 aromatic heterocycles. The zero-order valence-corrected chi connectivity index (χ0v) is 12.8. The minimum atomic E-state index is -3.10. The van der Waals surface area contributed by atoms with E-state index in [-0.39, 0.29) is 11.3 Å². The van der Waals surface area contributed by atoms with Gasteiger partial charge in [0.1, 0.15) is 4.75 Å². The summed E-state index contributed by atoms with van der Waals surface area (Å²) in [6.07, 6.45) is 6.17. The first-order chi connectivity index (χ1) is 10.1. The summed E-state index contributed by atoms with van der Waals surface area (Å²) in [6, 6.07) is 1.90. The third kappa shape index (κ3) is 1.32. The third-order valence-corrected chi connectivity index (χ3v) is 9.61.